The van der Waals surface area contributed by atoms with Crippen molar-refractivity contribution < 1.29 is 14.3 Å². The van der Waals surface area contributed by atoms with Crippen molar-refractivity contribution in [1.29, 1.82) is 0 Å². The molecule has 0 saturated heterocycles. The molecule has 144 valence electrons. The molecule has 0 saturated carbocycles. The fraction of sp³-hybridized carbons (Fsp3) is 0.200. The van der Waals surface area contributed by atoms with Crippen LogP contribution < -0.4 is 5.32 Å². The lowest BCUT2D eigenvalue weighted by Gasteiger charge is -2.07. The van der Waals surface area contributed by atoms with E-state index in [-0.39, 0.29) is 5.69 Å². The van der Waals surface area contributed by atoms with E-state index >= 15 is 0 Å². The summed E-state index contributed by atoms with van der Waals surface area (Å²) in [7, 11) is 0. The van der Waals surface area contributed by atoms with Gasteiger partial charge in [-0.25, -0.2) is 4.79 Å². The summed E-state index contributed by atoms with van der Waals surface area (Å²) in [5.41, 5.74) is 3.79. The Kier molecular flexibility index (Phi) is 5.75. The highest BCUT2D eigenvalue weighted by Gasteiger charge is 2.20. The van der Waals surface area contributed by atoms with Gasteiger partial charge in [0.2, 0.25) is 0 Å². The van der Waals surface area contributed by atoms with E-state index in [1.807, 2.05) is 32.0 Å². The summed E-state index contributed by atoms with van der Waals surface area (Å²) in [5, 5.41) is 11.5. The molecule has 0 aliphatic rings. The summed E-state index contributed by atoms with van der Waals surface area (Å²) in [6.45, 7) is 5.14. The Hall–Kier alpha value is -3.19. The van der Waals surface area contributed by atoms with Crippen LogP contribution in [-0.4, -0.2) is 33.5 Å². The van der Waals surface area contributed by atoms with Crippen molar-refractivity contribution in [1.82, 2.24) is 15.0 Å². The van der Waals surface area contributed by atoms with Crippen LogP contribution in [0.5, 0.6) is 0 Å². The molecular formula is C20H19ClN4O3. The Morgan fingerprint density at radius 3 is 2.57 bits per heavy atom. The van der Waals surface area contributed by atoms with Gasteiger partial charge in [0.1, 0.15) is 0 Å². The van der Waals surface area contributed by atoms with Gasteiger partial charge in [-0.3, -0.25) is 4.79 Å². The highest BCUT2D eigenvalue weighted by molar-refractivity contribution is 6.33. The largest absolute Gasteiger partial charge is 0.451 e. The zero-order chi connectivity index (χ0) is 20.3. The van der Waals surface area contributed by atoms with E-state index in [1.54, 1.807) is 31.2 Å². The quantitative estimate of drug-likeness (QED) is 0.663. The first-order valence-electron chi connectivity index (χ1n) is 8.58. The Labute approximate surface area is 167 Å². The minimum atomic E-state index is -0.720. The van der Waals surface area contributed by atoms with Gasteiger partial charge in [-0.15, -0.1) is 5.10 Å². The van der Waals surface area contributed by atoms with Crippen molar-refractivity contribution in [2.75, 3.05) is 11.9 Å². The number of aryl methyl sites for hydroxylation is 3. The lowest BCUT2D eigenvalue weighted by atomic mass is 10.1. The number of nitrogens with one attached hydrogen (secondary N) is 1. The summed E-state index contributed by atoms with van der Waals surface area (Å²) >= 11 is 5.99. The third kappa shape index (κ3) is 4.37. The van der Waals surface area contributed by atoms with Gasteiger partial charge in [-0.05, 0) is 44.5 Å². The molecule has 2 aromatic carbocycles. The fourth-order valence-corrected chi connectivity index (χ4v) is 2.84. The van der Waals surface area contributed by atoms with Crippen LogP contribution in [0.25, 0.3) is 5.69 Å². The number of para-hydroxylation sites is 1. The first-order chi connectivity index (χ1) is 13.3. The van der Waals surface area contributed by atoms with Crippen LogP contribution in [0.1, 0.15) is 27.3 Å². The maximum absolute atomic E-state index is 12.3. The number of carbonyl (C=O) groups is 2. The third-order valence-corrected chi connectivity index (χ3v) is 4.36. The molecule has 1 aromatic heterocycles. The van der Waals surface area contributed by atoms with Gasteiger partial charge >= 0.3 is 5.97 Å². The number of rotatable bonds is 5. The van der Waals surface area contributed by atoms with Crippen molar-refractivity contribution >= 4 is 29.2 Å². The molecule has 7 nitrogen and oxygen atoms in total. The lowest BCUT2D eigenvalue weighted by Crippen LogP contribution is -2.21. The average molecular weight is 399 g/mol. The number of hydrogen-bond acceptors (Lipinski definition) is 5. The SMILES string of the molecule is Cc1ccc(-n2nc(C)c(C(=O)OCC(=O)Nc3ccccc3Cl)n2)c(C)c1. The molecule has 28 heavy (non-hydrogen) atoms. The lowest BCUT2D eigenvalue weighted by molar-refractivity contribution is -0.119. The van der Waals surface area contributed by atoms with Crippen molar-refractivity contribution in [2.45, 2.75) is 20.8 Å². The minimum absolute atomic E-state index is 0.0607. The molecule has 1 amide bonds. The maximum Gasteiger partial charge on any atom is 0.361 e. The molecule has 1 N–H and O–H groups in total. The summed E-state index contributed by atoms with van der Waals surface area (Å²) in [6, 6.07) is 12.6. The van der Waals surface area contributed by atoms with E-state index < -0.39 is 18.5 Å². The van der Waals surface area contributed by atoms with Crippen molar-refractivity contribution in [2.24, 2.45) is 0 Å². The van der Waals surface area contributed by atoms with Crippen molar-refractivity contribution in [3.63, 3.8) is 0 Å². The second-order valence-corrected chi connectivity index (χ2v) is 6.72. The van der Waals surface area contributed by atoms with Crippen molar-refractivity contribution in [3.8, 4) is 5.69 Å². The molecule has 0 aliphatic heterocycles. The fourth-order valence-electron chi connectivity index (χ4n) is 2.65. The summed E-state index contributed by atoms with van der Waals surface area (Å²) < 4.78 is 5.07. The van der Waals surface area contributed by atoms with Crippen LogP contribution in [0.4, 0.5) is 5.69 Å². The molecule has 0 unspecified atom stereocenters. The zero-order valence-corrected chi connectivity index (χ0v) is 16.4. The van der Waals surface area contributed by atoms with Crippen LogP contribution in [0.15, 0.2) is 42.5 Å². The Morgan fingerprint density at radius 2 is 1.86 bits per heavy atom. The van der Waals surface area contributed by atoms with Gasteiger partial charge in [0.25, 0.3) is 5.91 Å². The minimum Gasteiger partial charge on any atom is -0.451 e. The number of amides is 1. The van der Waals surface area contributed by atoms with Gasteiger partial charge < -0.3 is 10.1 Å². The molecule has 0 fully saturated rings. The normalized spacial score (nSPS) is 10.6. The predicted molar refractivity (Wildman–Crippen MR) is 106 cm³/mol. The van der Waals surface area contributed by atoms with Crippen LogP contribution in [0, 0.1) is 20.8 Å². The van der Waals surface area contributed by atoms with E-state index in [2.05, 4.69) is 15.5 Å². The molecule has 0 spiro atoms. The number of carbonyl (C=O) groups excluding carboxylic acids is 2. The van der Waals surface area contributed by atoms with Gasteiger partial charge in [0.05, 0.1) is 22.1 Å². The topological polar surface area (TPSA) is 86.1 Å². The molecule has 8 heteroatoms. The van der Waals surface area contributed by atoms with E-state index in [0.29, 0.717) is 16.4 Å². The molecule has 0 atom stereocenters. The van der Waals surface area contributed by atoms with Crippen LogP contribution in [-0.2, 0) is 9.53 Å². The van der Waals surface area contributed by atoms with Gasteiger partial charge in [-0.1, -0.05) is 41.4 Å². The predicted octanol–water partition coefficient (Wildman–Crippen LogP) is 3.64. The Morgan fingerprint density at radius 1 is 1.11 bits per heavy atom. The van der Waals surface area contributed by atoms with E-state index in [0.717, 1.165) is 16.8 Å². The highest BCUT2D eigenvalue weighted by Crippen LogP contribution is 2.20. The standard InChI is InChI=1S/C20H19ClN4O3/c1-12-8-9-17(13(2)10-12)25-23-14(3)19(24-25)20(27)28-11-18(26)22-16-7-5-4-6-15(16)21/h4-10H,11H2,1-3H3,(H,22,26). The van der Waals surface area contributed by atoms with E-state index in [1.165, 1.54) is 4.80 Å². The number of benzene rings is 2. The summed E-state index contributed by atoms with van der Waals surface area (Å²) in [4.78, 5) is 25.7. The number of ether oxygens (including phenoxy) is 1. The number of hydrogen-bond donors (Lipinski definition) is 1. The number of aromatic nitrogens is 3. The monoisotopic (exact) mass is 398 g/mol. The number of anilines is 1. The maximum atomic E-state index is 12.3. The first-order valence-corrected chi connectivity index (χ1v) is 8.96. The first kappa shape index (κ1) is 19.6. The number of halogens is 1. The van der Waals surface area contributed by atoms with E-state index in [4.69, 9.17) is 16.3 Å². The molecule has 1 heterocycles. The molecule has 3 rings (SSSR count). The summed E-state index contributed by atoms with van der Waals surface area (Å²) in [5.74, 6) is -1.22. The second-order valence-electron chi connectivity index (χ2n) is 6.32. The Bertz CT molecular complexity index is 1050. The van der Waals surface area contributed by atoms with Crippen LogP contribution in [0.2, 0.25) is 5.02 Å². The molecule has 0 radical (unpaired) electrons. The van der Waals surface area contributed by atoms with E-state index in [9.17, 15) is 9.59 Å². The molecular weight excluding hydrogens is 380 g/mol. The Balaban J connectivity index is 1.67. The zero-order valence-electron chi connectivity index (χ0n) is 15.7. The average Bonchev–Trinajstić information content (AvgIpc) is 3.03. The third-order valence-electron chi connectivity index (χ3n) is 4.03. The van der Waals surface area contributed by atoms with Crippen LogP contribution in [0.3, 0.4) is 0 Å². The number of esters is 1. The van der Waals surface area contributed by atoms with Crippen molar-refractivity contribution in [3.05, 3.63) is 70.0 Å². The summed E-state index contributed by atoms with van der Waals surface area (Å²) in [6.07, 6.45) is 0. The van der Waals surface area contributed by atoms with Gasteiger partial charge in [-0.2, -0.15) is 9.90 Å². The van der Waals surface area contributed by atoms with Crippen LogP contribution >= 0.6 is 11.6 Å². The molecule has 3 aromatic rings. The highest BCUT2D eigenvalue weighted by atomic mass is 35.5. The molecule has 0 bridgehead atoms. The van der Waals surface area contributed by atoms with Gasteiger partial charge in [0.15, 0.2) is 12.3 Å². The van der Waals surface area contributed by atoms with Gasteiger partial charge in [0, 0.05) is 0 Å². The smallest absolute Gasteiger partial charge is 0.361 e. The second kappa shape index (κ2) is 8.22. The number of nitrogens with zero attached hydrogens (tertiary/aromatic N) is 3. The molecule has 0 aliphatic carbocycles.